The quantitative estimate of drug-likeness (QED) is 0.366. The molecule has 0 unspecified atom stereocenters. The number of carbonyl (C=O) groups excluding carboxylic acids is 1. The zero-order valence-corrected chi connectivity index (χ0v) is 10.8. The third kappa shape index (κ3) is 8.66. The van der Waals surface area contributed by atoms with Gasteiger partial charge in [-0.2, -0.15) is 0 Å². The molecule has 0 aliphatic rings. The number of hydrogen-bond acceptors (Lipinski definition) is 5. The lowest BCUT2D eigenvalue weighted by molar-refractivity contribution is 0.0224. The highest BCUT2D eigenvalue weighted by molar-refractivity contribution is 6.69. The van der Waals surface area contributed by atoms with Crippen molar-refractivity contribution in [3.05, 3.63) is 0 Å². The van der Waals surface area contributed by atoms with Crippen LogP contribution in [-0.4, -0.2) is 55.3 Å². The van der Waals surface area contributed by atoms with Crippen LogP contribution in [0.5, 0.6) is 0 Å². The molecule has 0 aliphatic heterocycles. The lowest BCUT2D eigenvalue weighted by atomic mass is 10.4. The van der Waals surface area contributed by atoms with Gasteiger partial charge in [-0.1, -0.05) is 0 Å². The molecular weight excluding hydrogens is 230 g/mol. The molecule has 6 nitrogen and oxygen atoms in total. The molecule has 0 aromatic carbocycles. The van der Waals surface area contributed by atoms with Crippen LogP contribution in [0.2, 0.25) is 19.1 Å². The Kier molecular flexibility index (Phi) is 7.31. The molecule has 96 valence electrons. The van der Waals surface area contributed by atoms with E-state index >= 15 is 0 Å². The van der Waals surface area contributed by atoms with E-state index < -0.39 is 33.7 Å². The highest BCUT2D eigenvalue weighted by atomic mass is 28.4. The van der Waals surface area contributed by atoms with Crippen LogP contribution in [0, 0.1) is 0 Å². The second-order valence-electron chi connectivity index (χ2n) is 4.24. The minimum absolute atomic E-state index is 0.402. The maximum Gasteiger partial charge on any atom is 0.407 e. The lowest BCUT2D eigenvalue weighted by Gasteiger charge is -2.15. The third-order valence-corrected chi connectivity index (χ3v) is 3.49. The van der Waals surface area contributed by atoms with Crippen molar-refractivity contribution in [1.82, 2.24) is 5.32 Å². The highest BCUT2D eigenvalue weighted by Crippen LogP contribution is 2.06. The van der Waals surface area contributed by atoms with Crippen LogP contribution in [0.15, 0.2) is 0 Å². The number of ether oxygens (including phenoxy) is 1. The van der Waals surface area contributed by atoms with Gasteiger partial charge in [-0.25, -0.2) is 4.79 Å². The van der Waals surface area contributed by atoms with Gasteiger partial charge in [0.25, 0.3) is 0 Å². The standard InChI is InChI=1S/C9H21NO5Si/c1-16(2,14)5-3-4-10-9(13)15-8(6-11)7-12/h8,11-12,14H,3-7H2,1-2H3,(H,10,13). The summed E-state index contributed by atoms with van der Waals surface area (Å²) < 4.78 is 4.68. The number of carbonyl (C=O) groups is 1. The zero-order chi connectivity index (χ0) is 12.6. The average Bonchev–Trinajstić information content (AvgIpc) is 2.19. The maximum atomic E-state index is 11.1. The summed E-state index contributed by atoms with van der Waals surface area (Å²) >= 11 is 0. The molecule has 16 heavy (non-hydrogen) atoms. The first kappa shape index (κ1) is 15.4. The predicted molar refractivity (Wildman–Crippen MR) is 61.6 cm³/mol. The van der Waals surface area contributed by atoms with Crippen molar-refractivity contribution in [1.29, 1.82) is 0 Å². The number of alkyl carbamates (subject to hydrolysis) is 1. The zero-order valence-electron chi connectivity index (χ0n) is 9.77. The fourth-order valence-electron chi connectivity index (χ4n) is 1.04. The molecule has 4 N–H and O–H groups in total. The van der Waals surface area contributed by atoms with Crippen molar-refractivity contribution in [2.45, 2.75) is 31.7 Å². The fraction of sp³-hybridized carbons (Fsp3) is 0.889. The fourth-order valence-corrected chi connectivity index (χ4v) is 2.08. The first-order chi connectivity index (χ1) is 7.39. The molecule has 0 heterocycles. The average molecular weight is 251 g/mol. The largest absolute Gasteiger partial charge is 0.441 e. The van der Waals surface area contributed by atoms with Crippen molar-refractivity contribution in [3.63, 3.8) is 0 Å². The van der Waals surface area contributed by atoms with Gasteiger partial charge in [-0.05, 0) is 25.6 Å². The van der Waals surface area contributed by atoms with E-state index in [-0.39, 0.29) is 0 Å². The molecule has 0 atom stereocenters. The Labute approximate surface area is 96.4 Å². The summed E-state index contributed by atoms with van der Waals surface area (Å²) in [5.74, 6) is 0. The Morgan fingerprint density at radius 3 is 2.38 bits per heavy atom. The third-order valence-electron chi connectivity index (χ3n) is 1.92. The summed E-state index contributed by atoms with van der Waals surface area (Å²) in [6.45, 7) is 3.28. The normalized spacial score (nSPS) is 11.6. The van der Waals surface area contributed by atoms with E-state index in [9.17, 15) is 9.59 Å². The summed E-state index contributed by atoms with van der Waals surface area (Å²) in [5, 5.41) is 19.8. The molecule has 0 aromatic heterocycles. The van der Waals surface area contributed by atoms with E-state index in [1.165, 1.54) is 0 Å². The maximum absolute atomic E-state index is 11.1. The van der Waals surface area contributed by atoms with Crippen molar-refractivity contribution in [3.8, 4) is 0 Å². The van der Waals surface area contributed by atoms with Crippen molar-refractivity contribution in [2.24, 2.45) is 0 Å². The van der Waals surface area contributed by atoms with Crippen molar-refractivity contribution in [2.75, 3.05) is 19.8 Å². The molecular formula is C9H21NO5Si. The van der Waals surface area contributed by atoms with Crippen LogP contribution < -0.4 is 5.32 Å². The van der Waals surface area contributed by atoms with Crippen LogP contribution in [0.4, 0.5) is 4.79 Å². The van der Waals surface area contributed by atoms with Crippen LogP contribution in [0.25, 0.3) is 0 Å². The van der Waals surface area contributed by atoms with Crippen LogP contribution >= 0.6 is 0 Å². The number of rotatable bonds is 7. The first-order valence-electron chi connectivity index (χ1n) is 5.27. The molecule has 0 radical (unpaired) electrons. The van der Waals surface area contributed by atoms with Crippen LogP contribution in [-0.2, 0) is 4.74 Å². The molecule has 0 aromatic rings. The second kappa shape index (κ2) is 7.61. The summed E-state index contributed by atoms with van der Waals surface area (Å²) in [6, 6.07) is 0.705. The minimum Gasteiger partial charge on any atom is -0.441 e. The summed E-state index contributed by atoms with van der Waals surface area (Å²) in [5.41, 5.74) is 0. The van der Waals surface area contributed by atoms with E-state index in [2.05, 4.69) is 10.1 Å². The molecule has 0 spiro atoms. The van der Waals surface area contributed by atoms with E-state index in [4.69, 9.17) is 10.2 Å². The van der Waals surface area contributed by atoms with Gasteiger partial charge in [-0.3, -0.25) is 0 Å². The van der Waals surface area contributed by atoms with Gasteiger partial charge in [0.1, 0.15) is 6.10 Å². The molecule has 0 bridgehead atoms. The van der Waals surface area contributed by atoms with E-state index in [1.54, 1.807) is 0 Å². The van der Waals surface area contributed by atoms with E-state index in [1.807, 2.05) is 13.1 Å². The van der Waals surface area contributed by atoms with Gasteiger partial charge < -0.3 is 25.1 Å². The van der Waals surface area contributed by atoms with Gasteiger partial charge in [0, 0.05) is 6.54 Å². The molecule has 0 fully saturated rings. The summed E-state index contributed by atoms with van der Waals surface area (Å²) in [7, 11) is -2.05. The first-order valence-corrected chi connectivity index (χ1v) is 8.43. The van der Waals surface area contributed by atoms with Gasteiger partial charge in [0.15, 0.2) is 8.32 Å². The topological polar surface area (TPSA) is 99.0 Å². The Bertz CT molecular complexity index is 203. The Morgan fingerprint density at radius 2 is 1.94 bits per heavy atom. The molecule has 0 saturated carbocycles. The van der Waals surface area contributed by atoms with Gasteiger partial charge in [-0.15, -0.1) is 0 Å². The number of aliphatic hydroxyl groups excluding tert-OH is 2. The number of hydrogen-bond donors (Lipinski definition) is 4. The summed E-state index contributed by atoms with van der Waals surface area (Å²) in [4.78, 5) is 20.6. The molecule has 0 aliphatic carbocycles. The Balaban J connectivity index is 3.58. The molecule has 1 amide bonds. The van der Waals surface area contributed by atoms with E-state index in [0.717, 1.165) is 0 Å². The molecule has 7 heteroatoms. The molecule has 0 rings (SSSR count). The number of amides is 1. The minimum atomic E-state index is -2.05. The highest BCUT2D eigenvalue weighted by Gasteiger charge is 2.16. The number of nitrogens with one attached hydrogen (secondary N) is 1. The monoisotopic (exact) mass is 251 g/mol. The van der Waals surface area contributed by atoms with Crippen LogP contribution in [0.1, 0.15) is 6.42 Å². The molecule has 0 saturated heterocycles. The second-order valence-corrected chi connectivity index (χ2v) is 8.36. The Morgan fingerprint density at radius 1 is 1.38 bits per heavy atom. The summed E-state index contributed by atoms with van der Waals surface area (Å²) in [6.07, 6.45) is -0.845. The smallest absolute Gasteiger partial charge is 0.407 e. The van der Waals surface area contributed by atoms with Gasteiger partial charge >= 0.3 is 6.09 Å². The van der Waals surface area contributed by atoms with Gasteiger partial charge in [0.2, 0.25) is 0 Å². The van der Waals surface area contributed by atoms with Crippen LogP contribution in [0.3, 0.4) is 0 Å². The Hall–Kier alpha value is -0.633. The van der Waals surface area contributed by atoms with Crippen molar-refractivity contribution >= 4 is 14.4 Å². The van der Waals surface area contributed by atoms with E-state index in [0.29, 0.717) is 19.0 Å². The predicted octanol–water partition coefficient (Wildman–Crippen LogP) is -0.347. The SMILES string of the molecule is C[Si](C)(O)CCCNC(=O)OC(CO)CO. The number of aliphatic hydroxyl groups is 2. The lowest BCUT2D eigenvalue weighted by Crippen LogP contribution is -2.34. The van der Waals surface area contributed by atoms with Gasteiger partial charge in [0.05, 0.1) is 13.2 Å². The van der Waals surface area contributed by atoms with Crippen molar-refractivity contribution < 1.29 is 24.5 Å².